The standard InChI is InChI=1S/C24H21F2N3O/c1-16(22-28-20-13-7-8-14-21(20)29(22)24(25)26)27-23(30)19-12-6-5-11-18(19)15-17-9-3-2-4-10-17/h2-14,16,24H,15H2,1H3,(H,27,30)/t16-/m0/s1. The number of nitrogens with zero attached hydrogens (tertiary/aromatic N) is 2. The molecule has 0 spiro atoms. The van der Waals surface area contributed by atoms with E-state index in [1.165, 1.54) is 0 Å². The molecule has 0 saturated carbocycles. The van der Waals surface area contributed by atoms with E-state index in [4.69, 9.17) is 0 Å². The Kier molecular flexibility index (Phi) is 5.57. The average molecular weight is 405 g/mol. The van der Waals surface area contributed by atoms with Gasteiger partial charge in [0.1, 0.15) is 5.82 Å². The topological polar surface area (TPSA) is 46.9 Å². The number of benzene rings is 3. The maximum absolute atomic E-state index is 13.7. The molecule has 4 aromatic rings. The Bertz CT molecular complexity index is 1170. The van der Waals surface area contributed by atoms with Gasteiger partial charge in [0, 0.05) is 5.56 Å². The average Bonchev–Trinajstić information content (AvgIpc) is 3.15. The smallest absolute Gasteiger partial charge is 0.320 e. The van der Waals surface area contributed by atoms with Crippen LogP contribution in [0.5, 0.6) is 0 Å². The van der Waals surface area contributed by atoms with Crippen LogP contribution in [0.1, 0.15) is 46.8 Å². The van der Waals surface area contributed by atoms with Crippen LogP contribution in [0.3, 0.4) is 0 Å². The molecule has 0 radical (unpaired) electrons. The number of carbonyl (C=O) groups is 1. The molecular formula is C24H21F2N3O. The predicted molar refractivity (Wildman–Crippen MR) is 113 cm³/mol. The Morgan fingerprint density at radius 3 is 2.40 bits per heavy atom. The lowest BCUT2D eigenvalue weighted by Crippen LogP contribution is -2.29. The van der Waals surface area contributed by atoms with Gasteiger partial charge in [0.15, 0.2) is 0 Å². The fraction of sp³-hybridized carbons (Fsp3) is 0.167. The zero-order valence-corrected chi connectivity index (χ0v) is 16.4. The molecule has 1 atom stereocenters. The number of nitrogens with one attached hydrogen (secondary N) is 1. The fourth-order valence-electron chi connectivity index (χ4n) is 3.62. The molecule has 4 rings (SSSR count). The Morgan fingerprint density at radius 2 is 1.63 bits per heavy atom. The van der Waals surface area contributed by atoms with Crippen LogP contribution in [0.4, 0.5) is 8.78 Å². The fourth-order valence-corrected chi connectivity index (χ4v) is 3.62. The van der Waals surface area contributed by atoms with E-state index in [0.717, 1.165) is 15.7 Å². The summed E-state index contributed by atoms with van der Waals surface area (Å²) in [5.41, 5.74) is 3.29. The highest BCUT2D eigenvalue weighted by atomic mass is 19.3. The third kappa shape index (κ3) is 3.94. The van der Waals surface area contributed by atoms with E-state index < -0.39 is 12.6 Å². The number of imidazole rings is 1. The first-order valence-electron chi connectivity index (χ1n) is 9.72. The maximum atomic E-state index is 13.7. The summed E-state index contributed by atoms with van der Waals surface area (Å²) >= 11 is 0. The molecular weight excluding hydrogens is 384 g/mol. The minimum absolute atomic E-state index is 0.125. The Morgan fingerprint density at radius 1 is 0.967 bits per heavy atom. The van der Waals surface area contributed by atoms with Gasteiger partial charge in [-0.15, -0.1) is 0 Å². The lowest BCUT2D eigenvalue weighted by Gasteiger charge is -2.17. The summed E-state index contributed by atoms with van der Waals surface area (Å²) in [7, 11) is 0. The molecule has 0 fully saturated rings. The van der Waals surface area contributed by atoms with Gasteiger partial charge in [-0.25, -0.2) is 4.98 Å². The summed E-state index contributed by atoms with van der Waals surface area (Å²) in [5, 5.41) is 2.84. The number of hydrogen-bond donors (Lipinski definition) is 1. The van der Waals surface area contributed by atoms with E-state index in [1.807, 2.05) is 42.5 Å². The van der Waals surface area contributed by atoms with Crippen molar-refractivity contribution in [1.82, 2.24) is 14.9 Å². The molecule has 152 valence electrons. The molecule has 1 aromatic heterocycles. The van der Waals surface area contributed by atoms with E-state index in [1.54, 1.807) is 43.3 Å². The lowest BCUT2D eigenvalue weighted by atomic mass is 9.99. The van der Waals surface area contributed by atoms with E-state index in [-0.39, 0.29) is 11.7 Å². The number of halogens is 2. The predicted octanol–water partition coefficient (Wildman–Crippen LogP) is 5.51. The van der Waals surface area contributed by atoms with Crippen LogP contribution in [0.15, 0.2) is 78.9 Å². The second kappa shape index (κ2) is 8.45. The first-order valence-corrected chi connectivity index (χ1v) is 9.72. The van der Waals surface area contributed by atoms with Crippen molar-refractivity contribution in [2.75, 3.05) is 0 Å². The minimum Gasteiger partial charge on any atom is -0.342 e. The molecule has 0 saturated heterocycles. The molecule has 4 nitrogen and oxygen atoms in total. The van der Waals surface area contributed by atoms with Gasteiger partial charge in [-0.3, -0.25) is 9.36 Å². The van der Waals surface area contributed by atoms with Crippen LogP contribution in [0.25, 0.3) is 11.0 Å². The zero-order chi connectivity index (χ0) is 21.1. The highest BCUT2D eigenvalue weighted by Crippen LogP contribution is 2.27. The summed E-state index contributed by atoms with van der Waals surface area (Å²) in [4.78, 5) is 17.3. The zero-order valence-electron chi connectivity index (χ0n) is 16.4. The van der Waals surface area contributed by atoms with E-state index in [9.17, 15) is 13.6 Å². The quantitative estimate of drug-likeness (QED) is 0.460. The molecule has 3 aromatic carbocycles. The van der Waals surface area contributed by atoms with Crippen LogP contribution < -0.4 is 5.32 Å². The summed E-state index contributed by atoms with van der Waals surface area (Å²) in [6.07, 6.45) is 0.606. The lowest BCUT2D eigenvalue weighted by molar-refractivity contribution is 0.0687. The van der Waals surface area contributed by atoms with Gasteiger partial charge >= 0.3 is 6.55 Å². The third-order valence-electron chi connectivity index (χ3n) is 5.05. The molecule has 1 N–H and O–H groups in total. The van der Waals surface area contributed by atoms with Crippen LogP contribution in [-0.4, -0.2) is 15.5 Å². The normalized spacial score (nSPS) is 12.3. The van der Waals surface area contributed by atoms with Gasteiger partial charge in [-0.05, 0) is 42.7 Å². The Balaban J connectivity index is 1.61. The second-order valence-electron chi connectivity index (χ2n) is 7.12. The molecule has 0 aliphatic heterocycles. The van der Waals surface area contributed by atoms with E-state index >= 15 is 0 Å². The molecule has 1 amide bonds. The Hall–Kier alpha value is -3.54. The number of para-hydroxylation sites is 2. The van der Waals surface area contributed by atoms with Crippen molar-refractivity contribution in [2.45, 2.75) is 25.9 Å². The van der Waals surface area contributed by atoms with Gasteiger partial charge in [-0.2, -0.15) is 8.78 Å². The van der Waals surface area contributed by atoms with Gasteiger partial charge in [0.05, 0.1) is 17.1 Å². The molecule has 1 heterocycles. The summed E-state index contributed by atoms with van der Waals surface area (Å²) in [6.45, 7) is -1.09. The van der Waals surface area contributed by atoms with Crippen LogP contribution in [-0.2, 0) is 6.42 Å². The summed E-state index contributed by atoms with van der Waals surface area (Å²) < 4.78 is 28.3. The molecule has 6 heteroatoms. The van der Waals surface area contributed by atoms with Gasteiger partial charge < -0.3 is 5.32 Å². The summed E-state index contributed by atoms with van der Waals surface area (Å²) in [6, 6.07) is 23.2. The van der Waals surface area contributed by atoms with Crippen molar-refractivity contribution in [1.29, 1.82) is 0 Å². The number of rotatable bonds is 6. The first-order chi connectivity index (χ1) is 14.5. The van der Waals surface area contributed by atoms with Crippen molar-refractivity contribution in [3.8, 4) is 0 Å². The highest BCUT2D eigenvalue weighted by Gasteiger charge is 2.23. The van der Waals surface area contributed by atoms with E-state index in [2.05, 4.69) is 10.3 Å². The van der Waals surface area contributed by atoms with Crippen molar-refractivity contribution in [3.05, 3.63) is 101 Å². The maximum Gasteiger partial charge on any atom is 0.320 e. The second-order valence-corrected chi connectivity index (χ2v) is 7.12. The first kappa shape index (κ1) is 19.8. The number of amides is 1. The highest BCUT2D eigenvalue weighted by molar-refractivity contribution is 5.96. The van der Waals surface area contributed by atoms with Crippen molar-refractivity contribution < 1.29 is 13.6 Å². The van der Waals surface area contributed by atoms with E-state index in [0.29, 0.717) is 23.0 Å². The number of fused-ring (bicyclic) bond motifs is 1. The van der Waals surface area contributed by atoms with Crippen LogP contribution >= 0.6 is 0 Å². The Labute approximate surface area is 173 Å². The third-order valence-corrected chi connectivity index (χ3v) is 5.05. The molecule has 0 aliphatic carbocycles. The SMILES string of the molecule is C[C@H](NC(=O)c1ccccc1Cc1ccccc1)c1nc2ccccc2n1C(F)F. The number of carbonyl (C=O) groups excluding carboxylic acids is 1. The molecule has 0 aliphatic rings. The van der Waals surface area contributed by atoms with Gasteiger partial charge in [-0.1, -0.05) is 60.7 Å². The number of alkyl halides is 2. The van der Waals surface area contributed by atoms with Crippen molar-refractivity contribution in [3.63, 3.8) is 0 Å². The van der Waals surface area contributed by atoms with Crippen molar-refractivity contribution >= 4 is 16.9 Å². The molecule has 0 unspecified atom stereocenters. The monoisotopic (exact) mass is 405 g/mol. The largest absolute Gasteiger partial charge is 0.342 e. The minimum atomic E-state index is -2.75. The molecule has 0 bridgehead atoms. The van der Waals surface area contributed by atoms with Gasteiger partial charge in [0.25, 0.3) is 5.91 Å². The number of hydrogen-bond acceptors (Lipinski definition) is 2. The van der Waals surface area contributed by atoms with Crippen LogP contribution in [0, 0.1) is 0 Å². The van der Waals surface area contributed by atoms with Crippen molar-refractivity contribution in [2.24, 2.45) is 0 Å². The van der Waals surface area contributed by atoms with Gasteiger partial charge in [0.2, 0.25) is 0 Å². The summed E-state index contributed by atoms with van der Waals surface area (Å²) in [5.74, 6) is -0.193. The van der Waals surface area contributed by atoms with Crippen LogP contribution in [0.2, 0.25) is 0 Å². The number of aromatic nitrogens is 2. The molecule has 30 heavy (non-hydrogen) atoms.